The highest BCUT2D eigenvalue weighted by atomic mass is 32.1. The van der Waals surface area contributed by atoms with Crippen molar-refractivity contribution in [2.75, 3.05) is 26.7 Å². The van der Waals surface area contributed by atoms with E-state index in [9.17, 15) is 4.79 Å². The highest BCUT2D eigenvalue weighted by Gasteiger charge is 2.24. The minimum absolute atomic E-state index is 0.0835. The SMILES string of the molecule is COc1ccsc1C(=O)N1CCN[C@@H](C)C1. The zero-order chi connectivity index (χ0) is 11.5. The molecule has 1 N–H and O–H groups in total. The molecule has 1 aliphatic heterocycles. The van der Waals surface area contributed by atoms with E-state index in [-0.39, 0.29) is 5.91 Å². The number of methoxy groups -OCH3 is 1. The summed E-state index contributed by atoms with van der Waals surface area (Å²) >= 11 is 1.44. The fraction of sp³-hybridized carbons (Fsp3) is 0.545. The molecule has 0 spiro atoms. The number of amides is 1. The molecule has 5 heteroatoms. The number of carbonyl (C=O) groups is 1. The third-order valence-corrected chi connectivity index (χ3v) is 3.58. The Kier molecular flexibility index (Phi) is 3.46. The lowest BCUT2D eigenvalue weighted by Crippen LogP contribution is -2.51. The normalized spacial score (nSPS) is 20.9. The van der Waals surface area contributed by atoms with E-state index in [1.54, 1.807) is 7.11 Å². The lowest BCUT2D eigenvalue weighted by atomic mass is 10.2. The molecule has 0 aliphatic carbocycles. The molecule has 88 valence electrons. The molecule has 1 aromatic heterocycles. The second kappa shape index (κ2) is 4.84. The Hall–Kier alpha value is -1.07. The van der Waals surface area contributed by atoms with Gasteiger partial charge in [0.1, 0.15) is 10.6 Å². The number of hydrogen-bond acceptors (Lipinski definition) is 4. The van der Waals surface area contributed by atoms with Gasteiger partial charge in [-0.2, -0.15) is 0 Å². The van der Waals surface area contributed by atoms with Gasteiger partial charge in [0, 0.05) is 25.7 Å². The van der Waals surface area contributed by atoms with E-state index in [1.165, 1.54) is 11.3 Å². The first-order valence-corrected chi connectivity index (χ1v) is 6.24. The Balaban J connectivity index is 2.12. The maximum atomic E-state index is 12.2. The van der Waals surface area contributed by atoms with E-state index < -0.39 is 0 Å². The van der Waals surface area contributed by atoms with Gasteiger partial charge in [-0.1, -0.05) is 0 Å². The van der Waals surface area contributed by atoms with Gasteiger partial charge in [0.2, 0.25) is 0 Å². The third-order valence-electron chi connectivity index (χ3n) is 2.70. The Morgan fingerprint density at radius 1 is 1.69 bits per heavy atom. The summed E-state index contributed by atoms with van der Waals surface area (Å²) in [5.74, 6) is 0.765. The van der Waals surface area contributed by atoms with Gasteiger partial charge in [-0.3, -0.25) is 4.79 Å². The second-order valence-corrected chi connectivity index (χ2v) is 4.84. The molecule has 0 bridgehead atoms. The van der Waals surface area contributed by atoms with Crippen LogP contribution in [0.4, 0.5) is 0 Å². The number of ether oxygens (including phenoxy) is 1. The maximum Gasteiger partial charge on any atom is 0.267 e. The van der Waals surface area contributed by atoms with Crippen LogP contribution >= 0.6 is 11.3 Å². The summed E-state index contributed by atoms with van der Waals surface area (Å²) in [6.45, 7) is 4.48. The first-order chi connectivity index (χ1) is 7.72. The molecule has 0 aromatic carbocycles. The zero-order valence-electron chi connectivity index (χ0n) is 9.53. The van der Waals surface area contributed by atoms with Crippen LogP contribution in [0.3, 0.4) is 0 Å². The van der Waals surface area contributed by atoms with Gasteiger partial charge < -0.3 is 15.0 Å². The van der Waals surface area contributed by atoms with Gasteiger partial charge in [-0.05, 0) is 18.4 Å². The predicted molar refractivity (Wildman–Crippen MR) is 64.2 cm³/mol. The maximum absolute atomic E-state index is 12.2. The average molecular weight is 240 g/mol. The quantitative estimate of drug-likeness (QED) is 0.844. The number of carbonyl (C=O) groups excluding carboxylic acids is 1. The zero-order valence-corrected chi connectivity index (χ0v) is 10.3. The monoisotopic (exact) mass is 240 g/mol. The molecule has 1 amide bonds. The molecule has 4 nitrogen and oxygen atoms in total. The van der Waals surface area contributed by atoms with Crippen LogP contribution in [0.1, 0.15) is 16.6 Å². The Bertz CT molecular complexity index is 378. The van der Waals surface area contributed by atoms with Crippen LogP contribution in [0.15, 0.2) is 11.4 Å². The van der Waals surface area contributed by atoms with Crippen molar-refractivity contribution in [3.63, 3.8) is 0 Å². The van der Waals surface area contributed by atoms with E-state index in [4.69, 9.17) is 4.74 Å². The topological polar surface area (TPSA) is 41.6 Å². The molecule has 1 aliphatic rings. The average Bonchev–Trinajstić information content (AvgIpc) is 2.76. The summed E-state index contributed by atoms with van der Waals surface area (Å²) < 4.78 is 5.17. The molecule has 2 heterocycles. The van der Waals surface area contributed by atoms with Crippen LogP contribution in [0.25, 0.3) is 0 Å². The molecule has 0 saturated carbocycles. The van der Waals surface area contributed by atoms with E-state index in [1.807, 2.05) is 16.3 Å². The van der Waals surface area contributed by atoms with E-state index in [2.05, 4.69) is 12.2 Å². The fourth-order valence-corrected chi connectivity index (χ4v) is 2.70. The largest absolute Gasteiger partial charge is 0.495 e. The molecule has 1 saturated heterocycles. The minimum atomic E-state index is 0.0835. The van der Waals surface area contributed by atoms with Crippen molar-refractivity contribution < 1.29 is 9.53 Å². The van der Waals surface area contributed by atoms with E-state index >= 15 is 0 Å². The minimum Gasteiger partial charge on any atom is -0.495 e. The van der Waals surface area contributed by atoms with Crippen molar-refractivity contribution in [3.8, 4) is 5.75 Å². The molecule has 2 rings (SSSR count). The molecular weight excluding hydrogens is 224 g/mol. The standard InChI is InChI=1S/C11H16N2O2S/c1-8-7-13(5-4-12-8)11(14)10-9(15-2)3-6-16-10/h3,6,8,12H,4-5,7H2,1-2H3/t8-/m0/s1. The van der Waals surface area contributed by atoms with Gasteiger partial charge >= 0.3 is 0 Å². The highest BCUT2D eigenvalue weighted by Crippen LogP contribution is 2.26. The molecule has 1 aromatic rings. The number of nitrogens with one attached hydrogen (secondary N) is 1. The highest BCUT2D eigenvalue weighted by molar-refractivity contribution is 7.12. The van der Waals surface area contributed by atoms with Crippen molar-refractivity contribution in [2.24, 2.45) is 0 Å². The van der Waals surface area contributed by atoms with Gasteiger partial charge in [-0.25, -0.2) is 0 Å². The number of hydrogen-bond donors (Lipinski definition) is 1. The number of thiophene rings is 1. The molecule has 0 unspecified atom stereocenters. The van der Waals surface area contributed by atoms with E-state index in [0.29, 0.717) is 16.7 Å². The number of piperazine rings is 1. The fourth-order valence-electron chi connectivity index (χ4n) is 1.87. The van der Waals surface area contributed by atoms with Gasteiger partial charge in [0.25, 0.3) is 5.91 Å². The molecule has 0 radical (unpaired) electrons. The van der Waals surface area contributed by atoms with E-state index in [0.717, 1.165) is 19.6 Å². The molecule has 1 atom stereocenters. The predicted octanol–water partition coefficient (Wildman–Crippen LogP) is 1.19. The van der Waals surface area contributed by atoms with Gasteiger partial charge in [0.05, 0.1) is 7.11 Å². The summed E-state index contributed by atoms with van der Waals surface area (Å²) in [7, 11) is 1.60. The van der Waals surface area contributed by atoms with Crippen LogP contribution in [0.2, 0.25) is 0 Å². The first-order valence-electron chi connectivity index (χ1n) is 5.36. The number of rotatable bonds is 2. The Morgan fingerprint density at radius 3 is 3.19 bits per heavy atom. The summed E-state index contributed by atoms with van der Waals surface area (Å²) in [5.41, 5.74) is 0. The molecule has 1 fully saturated rings. The summed E-state index contributed by atoms with van der Waals surface area (Å²) in [4.78, 5) is 14.8. The Morgan fingerprint density at radius 2 is 2.50 bits per heavy atom. The smallest absolute Gasteiger partial charge is 0.267 e. The van der Waals surface area contributed by atoms with Crippen molar-refractivity contribution >= 4 is 17.2 Å². The van der Waals surface area contributed by atoms with Crippen LogP contribution in [-0.4, -0.2) is 43.6 Å². The van der Waals surface area contributed by atoms with Crippen LogP contribution in [-0.2, 0) is 0 Å². The van der Waals surface area contributed by atoms with Crippen molar-refractivity contribution in [1.82, 2.24) is 10.2 Å². The van der Waals surface area contributed by atoms with Crippen LogP contribution in [0, 0.1) is 0 Å². The lowest BCUT2D eigenvalue weighted by molar-refractivity contribution is 0.0711. The third kappa shape index (κ3) is 2.20. The van der Waals surface area contributed by atoms with Crippen LogP contribution < -0.4 is 10.1 Å². The Labute approximate surface area is 99.2 Å². The van der Waals surface area contributed by atoms with Crippen molar-refractivity contribution in [3.05, 3.63) is 16.3 Å². The summed E-state index contributed by atoms with van der Waals surface area (Å²) in [5, 5.41) is 5.21. The summed E-state index contributed by atoms with van der Waals surface area (Å²) in [6, 6.07) is 2.20. The second-order valence-electron chi connectivity index (χ2n) is 3.92. The van der Waals surface area contributed by atoms with Gasteiger partial charge in [-0.15, -0.1) is 11.3 Å². The van der Waals surface area contributed by atoms with Crippen molar-refractivity contribution in [1.29, 1.82) is 0 Å². The molecule has 16 heavy (non-hydrogen) atoms. The van der Waals surface area contributed by atoms with Crippen LogP contribution in [0.5, 0.6) is 5.75 Å². The lowest BCUT2D eigenvalue weighted by Gasteiger charge is -2.31. The first kappa shape index (κ1) is 11.4. The van der Waals surface area contributed by atoms with Crippen molar-refractivity contribution in [2.45, 2.75) is 13.0 Å². The summed E-state index contributed by atoms with van der Waals surface area (Å²) in [6.07, 6.45) is 0. The molecular formula is C11H16N2O2S. The number of nitrogens with zero attached hydrogens (tertiary/aromatic N) is 1. The van der Waals surface area contributed by atoms with Gasteiger partial charge in [0.15, 0.2) is 0 Å².